The third-order valence-electron chi connectivity index (χ3n) is 5.16. The molecule has 5 heteroatoms. The van der Waals surface area contributed by atoms with Crippen LogP contribution in [0.5, 0.6) is 11.5 Å². The van der Waals surface area contributed by atoms with Crippen LogP contribution >= 0.6 is 0 Å². The van der Waals surface area contributed by atoms with Gasteiger partial charge in [-0.2, -0.15) is 0 Å². The van der Waals surface area contributed by atoms with Gasteiger partial charge in [-0.25, -0.2) is 0 Å². The fourth-order valence-electron chi connectivity index (χ4n) is 3.56. The van der Waals surface area contributed by atoms with Crippen molar-refractivity contribution in [3.05, 3.63) is 78.1 Å². The number of hydrogen-bond donors (Lipinski definition) is 0. The lowest BCUT2D eigenvalue weighted by molar-refractivity contribution is 0.329. The Balaban J connectivity index is 1.53. The molecule has 0 aliphatic rings. The lowest BCUT2D eigenvalue weighted by Crippen LogP contribution is -2.21. The largest absolute Gasteiger partial charge is 0.497 e. The van der Waals surface area contributed by atoms with Crippen molar-refractivity contribution in [2.75, 3.05) is 27.8 Å². The summed E-state index contributed by atoms with van der Waals surface area (Å²) in [5.74, 6) is 2.38. The SMILES string of the molecule is COc1ccc(-c2cc3cc(CN(C)CCc4ccccn4)cc(OC)c3o2)cc1. The molecule has 0 aliphatic carbocycles. The van der Waals surface area contributed by atoms with E-state index in [1.165, 1.54) is 5.56 Å². The first-order valence-electron chi connectivity index (χ1n) is 9.99. The molecule has 5 nitrogen and oxygen atoms in total. The van der Waals surface area contributed by atoms with E-state index in [1.807, 2.05) is 42.6 Å². The molecular weight excluding hydrogens is 376 g/mol. The molecule has 30 heavy (non-hydrogen) atoms. The van der Waals surface area contributed by atoms with E-state index in [1.54, 1.807) is 14.2 Å². The number of ether oxygens (including phenoxy) is 2. The minimum absolute atomic E-state index is 0.750. The molecule has 0 radical (unpaired) electrons. The highest BCUT2D eigenvalue weighted by atomic mass is 16.5. The van der Waals surface area contributed by atoms with Crippen molar-refractivity contribution in [2.45, 2.75) is 13.0 Å². The molecule has 0 bridgehead atoms. The van der Waals surface area contributed by atoms with Gasteiger partial charge >= 0.3 is 0 Å². The number of likely N-dealkylation sites (N-methyl/N-ethyl adjacent to an activating group) is 1. The van der Waals surface area contributed by atoms with Crippen molar-refractivity contribution in [2.24, 2.45) is 0 Å². The Bertz CT molecular complexity index is 1100. The molecule has 4 aromatic rings. The Morgan fingerprint density at radius 3 is 2.50 bits per heavy atom. The summed E-state index contributed by atoms with van der Waals surface area (Å²) >= 11 is 0. The van der Waals surface area contributed by atoms with Crippen LogP contribution in [0.3, 0.4) is 0 Å². The minimum Gasteiger partial charge on any atom is -0.497 e. The van der Waals surface area contributed by atoms with Gasteiger partial charge in [0.05, 0.1) is 14.2 Å². The van der Waals surface area contributed by atoms with Crippen molar-refractivity contribution in [3.63, 3.8) is 0 Å². The standard InChI is InChI=1S/C25H26N2O3/c1-27(13-11-21-6-4-5-12-26-21)17-18-14-20-16-23(30-25(20)24(15-18)29-3)19-7-9-22(28-2)10-8-19/h4-10,12,14-16H,11,13,17H2,1-3H3. The Morgan fingerprint density at radius 1 is 0.967 bits per heavy atom. The highest BCUT2D eigenvalue weighted by Crippen LogP contribution is 2.35. The highest BCUT2D eigenvalue weighted by molar-refractivity contribution is 5.88. The lowest BCUT2D eigenvalue weighted by atomic mass is 10.1. The van der Waals surface area contributed by atoms with Crippen LogP contribution in [0.25, 0.3) is 22.3 Å². The van der Waals surface area contributed by atoms with Crippen LogP contribution in [0.1, 0.15) is 11.3 Å². The average Bonchev–Trinajstić information content (AvgIpc) is 3.22. The summed E-state index contributed by atoms with van der Waals surface area (Å²) in [4.78, 5) is 6.69. The van der Waals surface area contributed by atoms with Crippen LogP contribution in [-0.4, -0.2) is 37.7 Å². The quantitative estimate of drug-likeness (QED) is 0.406. The molecule has 0 amide bonds. The van der Waals surface area contributed by atoms with Crippen LogP contribution in [0.2, 0.25) is 0 Å². The molecule has 0 atom stereocenters. The number of benzene rings is 2. The molecular formula is C25H26N2O3. The molecule has 0 aliphatic heterocycles. The summed E-state index contributed by atoms with van der Waals surface area (Å²) in [6.45, 7) is 1.75. The summed E-state index contributed by atoms with van der Waals surface area (Å²) in [6.07, 6.45) is 2.76. The molecule has 0 fully saturated rings. The molecule has 4 rings (SSSR count). The Kier molecular flexibility index (Phi) is 6.00. The van der Waals surface area contributed by atoms with Gasteiger partial charge in [0.15, 0.2) is 11.3 Å². The molecule has 0 N–H and O–H groups in total. The molecule has 0 spiro atoms. The Morgan fingerprint density at radius 2 is 1.80 bits per heavy atom. The van der Waals surface area contributed by atoms with Gasteiger partial charge in [0, 0.05) is 42.4 Å². The number of pyridine rings is 1. The van der Waals surface area contributed by atoms with E-state index in [4.69, 9.17) is 13.9 Å². The maximum absolute atomic E-state index is 6.13. The Labute approximate surface area is 176 Å². The van der Waals surface area contributed by atoms with E-state index in [0.717, 1.165) is 59.0 Å². The van der Waals surface area contributed by atoms with E-state index in [0.29, 0.717) is 0 Å². The van der Waals surface area contributed by atoms with Crippen LogP contribution in [0, 0.1) is 0 Å². The average molecular weight is 402 g/mol. The zero-order valence-corrected chi connectivity index (χ0v) is 17.6. The Hall–Kier alpha value is -3.31. The van der Waals surface area contributed by atoms with Gasteiger partial charge in [0.1, 0.15) is 11.5 Å². The first-order chi connectivity index (χ1) is 14.7. The molecule has 154 valence electrons. The predicted molar refractivity (Wildman–Crippen MR) is 119 cm³/mol. The van der Waals surface area contributed by atoms with E-state index in [2.05, 4.69) is 41.2 Å². The fraction of sp³-hybridized carbons (Fsp3) is 0.240. The molecule has 2 heterocycles. The van der Waals surface area contributed by atoms with Crippen molar-refractivity contribution in [3.8, 4) is 22.8 Å². The van der Waals surface area contributed by atoms with Crippen molar-refractivity contribution in [1.82, 2.24) is 9.88 Å². The summed E-state index contributed by atoms with van der Waals surface area (Å²) in [7, 11) is 5.46. The zero-order chi connectivity index (χ0) is 20.9. The van der Waals surface area contributed by atoms with Gasteiger partial charge in [-0.3, -0.25) is 4.98 Å². The normalized spacial score (nSPS) is 11.2. The second-order valence-electron chi connectivity index (χ2n) is 7.36. The van der Waals surface area contributed by atoms with E-state index in [9.17, 15) is 0 Å². The van der Waals surface area contributed by atoms with Crippen molar-refractivity contribution < 1.29 is 13.9 Å². The van der Waals surface area contributed by atoms with E-state index >= 15 is 0 Å². The first kappa shape index (κ1) is 20.0. The van der Waals surface area contributed by atoms with E-state index < -0.39 is 0 Å². The zero-order valence-electron chi connectivity index (χ0n) is 17.6. The van der Waals surface area contributed by atoms with Gasteiger partial charge in [-0.15, -0.1) is 0 Å². The number of aromatic nitrogens is 1. The van der Waals surface area contributed by atoms with Crippen LogP contribution in [0.15, 0.2) is 71.3 Å². The summed E-state index contributed by atoms with van der Waals surface area (Å²) in [6, 6.07) is 20.2. The predicted octanol–water partition coefficient (Wildman–Crippen LogP) is 5.19. The molecule has 2 aromatic heterocycles. The summed E-state index contributed by atoms with van der Waals surface area (Å²) < 4.78 is 17.0. The summed E-state index contributed by atoms with van der Waals surface area (Å²) in [5, 5.41) is 1.04. The van der Waals surface area contributed by atoms with E-state index in [-0.39, 0.29) is 0 Å². The summed E-state index contributed by atoms with van der Waals surface area (Å²) in [5.41, 5.74) is 4.06. The van der Waals surface area contributed by atoms with Gasteiger partial charge in [0.2, 0.25) is 0 Å². The number of nitrogens with zero attached hydrogens (tertiary/aromatic N) is 2. The maximum Gasteiger partial charge on any atom is 0.176 e. The second-order valence-corrected chi connectivity index (χ2v) is 7.36. The molecule has 0 unspecified atom stereocenters. The third-order valence-corrected chi connectivity index (χ3v) is 5.16. The van der Waals surface area contributed by atoms with Crippen LogP contribution < -0.4 is 9.47 Å². The van der Waals surface area contributed by atoms with Crippen molar-refractivity contribution in [1.29, 1.82) is 0 Å². The van der Waals surface area contributed by atoms with Crippen LogP contribution in [-0.2, 0) is 13.0 Å². The first-order valence-corrected chi connectivity index (χ1v) is 9.99. The van der Waals surface area contributed by atoms with Gasteiger partial charge in [-0.1, -0.05) is 6.07 Å². The number of rotatable bonds is 8. The monoisotopic (exact) mass is 402 g/mol. The van der Waals surface area contributed by atoms with Gasteiger partial charge in [0.25, 0.3) is 0 Å². The number of furan rings is 1. The highest BCUT2D eigenvalue weighted by Gasteiger charge is 2.13. The van der Waals surface area contributed by atoms with Gasteiger partial charge < -0.3 is 18.8 Å². The maximum atomic E-state index is 6.13. The minimum atomic E-state index is 0.750. The number of hydrogen-bond acceptors (Lipinski definition) is 5. The lowest BCUT2D eigenvalue weighted by Gasteiger charge is -2.17. The number of fused-ring (bicyclic) bond motifs is 1. The molecule has 0 saturated heterocycles. The van der Waals surface area contributed by atoms with Crippen LogP contribution in [0.4, 0.5) is 0 Å². The van der Waals surface area contributed by atoms with Crippen molar-refractivity contribution >= 4 is 11.0 Å². The smallest absolute Gasteiger partial charge is 0.176 e. The van der Waals surface area contributed by atoms with Gasteiger partial charge in [-0.05, 0) is 67.2 Å². The topological polar surface area (TPSA) is 47.7 Å². The molecule has 2 aromatic carbocycles. The second kappa shape index (κ2) is 9.01. The third kappa shape index (κ3) is 4.47. The number of methoxy groups -OCH3 is 2. The fourth-order valence-corrected chi connectivity index (χ4v) is 3.56. The molecule has 0 saturated carbocycles.